The van der Waals surface area contributed by atoms with Crippen LogP contribution in [0.1, 0.15) is 26.7 Å². The zero-order valence-corrected chi connectivity index (χ0v) is 8.74. The normalized spacial score (nSPS) is 19.8. The molecule has 0 aromatic rings. The molecule has 0 radical (unpaired) electrons. The summed E-state index contributed by atoms with van der Waals surface area (Å²) in [6.07, 6.45) is 2.37. The van der Waals surface area contributed by atoms with E-state index in [0.717, 1.165) is 19.0 Å². The first-order valence-corrected chi connectivity index (χ1v) is 5.25. The fourth-order valence-electron chi connectivity index (χ4n) is 1.47. The van der Waals surface area contributed by atoms with Gasteiger partial charge in [-0.25, -0.2) is 0 Å². The van der Waals surface area contributed by atoms with E-state index in [-0.39, 0.29) is 6.10 Å². The summed E-state index contributed by atoms with van der Waals surface area (Å²) in [4.78, 5) is 2.33. The van der Waals surface area contributed by atoms with Crippen LogP contribution in [0.3, 0.4) is 0 Å². The van der Waals surface area contributed by atoms with Crippen molar-refractivity contribution in [1.29, 1.82) is 0 Å². The van der Waals surface area contributed by atoms with Crippen molar-refractivity contribution < 1.29 is 5.11 Å². The molecule has 0 aromatic carbocycles. The minimum Gasteiger partial charge on any atom is -0.390 e. The first-order valence-electron chi connectivity index (χ1n) is 5.25. The van der Waals surface area contributed by atoms with Crippen molar-refractivity contribution in [2.45, 2.75) is 38.8 Å². The Bertz CT molecular complexity index is 146. The lowest BCUT2D eigenvalue weighted by Crippen LogP contribution is -2.41. The Labute approximate surface area is 80.9 Å². The number of hydrogen-bond acceptors (Lipinski definition) is 3. The van der Waals surface area contributed by atoms with E-state index in [0.29, 0.717) is 12.6 Å². The van der Waals surface area contributed by atoms with Gasteiger partial charge in [-0.2, -0.15) is 0 Å². The zero-order valence-electron chi connectivity index (χ0n) is 8.74. The molecule has 1 aliphatic rings. The van der Waals surface area contributed by atoms with Crippen molar-refractivity contribution in [2.75, 3.05) is 19.6 Å². The maximum absolute atomic E-state index is 9.44. The summed E-state index contributed by atoms with van der Waals surface area (Å²) < 4.78 is 0. The molecule has 1 rings (SSSR count). The summed E-state index contributed by atoms with van der Waals surface area (Å²) in [6.45, 7) is 6.57. The third kappa shape index (κ3) is 4.07. The van der Waals surface area contributed by atoms with E-state index in [1.807, 2.05) is 0 Å². The van der Waals surface area contributed by atoms with Gasteiger partial charge < -0.3 is 10.8 Å². The number of rotatable bonds is 6. The maximum Gasteiger partial charge on any atom is 0.0789 e. The molecular formula is C10H22N2O. The Balaban J connectivity index is 2.27. The molecule has 0 heterocycles. The molecule has 13 heavy (non-hydrogen) atoms. The molecule has 1 unspecified atom stereocenters. The minimum atomic E-state index is -0.360. The second-order valence-corrected chi connectivity index (χ2v) is 4.38. The van der Waals surface area contributed by atoms with Gasteiger partial charge in [0.05, 0.1) is 6.10 Å². The smallest absolute Gasteiger partial charge is 0.0789 e. The lowest BCUT2D eigenvalue weighted by atomic mass is 10.2. The van der Waals surface area contributed by atoms with E-state index < -0.39 is 0 Å². The minimum absolute atomic E-state index is 0.360. The van der Waals surface area contributed by atoms with Crippen LogP contribution in [0.2, 0.25) is 0 Å². The van der Waals surface area contributed by atoms with Crippen molar-refractivity contribution in [3.05, 3.63) is 0 Å². The molecule has 0 spiro atoms. The van der Waals surface area contributed by atoms with Gasteiger partial charge in [-0.3, -0.25) is 4.90 Å². The Morgan fingerprint density at radius 3 is 2.46 bits per heavy atom. The van der Waals surface area contributed by atoms with Crippen LogP contribution in [0.4, 0.5) is 0 Å². The highest BCUT2D eigenvalue weighted by Crippen LogP contribution is 2.30. The number of aliphatic hydroxyl groups is 1. The van der Waals surface area contributed by atoms with Crippen molar-refractivity contribution in [3.8, 4) is 0 Å². The molecule has 1 atom stereocenters. The summed E-state index contributed by atoms with van der Waals surface area (Å²) in [5.74, 6) is 0.882. The van der Waals surface area contributed by atoms with Gasteiger partial charge in [0, 0.05) is 25.7 Å². The van der Waals surface area contributed by atoms with E-state index in [9.17, 15) is 5.11 Å². The SMILES string of the molecule is CC(C)N(CC(O)CN)CC1CC1. The molecule has 0 saturated heterocycles. The van der Waals surface area contributed by atoms with Crippen molar-refractivity contribution in [2.24, 2.45) is 11.7 Å². The van der Waals surface area contributed by atoms with E-state index >= 15 is 0 Å². The topological polar surface area (TPSA) is 49.5 Å². The van der Waals surface area contributed by atoms with E-state index in [1.165, 1.54) is 12.8 Å². The highest BCUT2D eigenvalue weighted by atomic mass is 16.3. The summed E-state index contributed by atoms with van der Waals surface area (Å²) in [5, 5.41) is 9.44. The van der Waals surface area contributed by atoms with Crippen LogP contribution in [0.5, 0.6) is 0 Å². The molecule has 0 aliphatic heterocycles. The summed E-state index contributed by atoms with van der Waals surface area (Å²) in [7, 11) is 0. The number of nitrogens with zero attached hydrogens (tertiary/aromatic N) is 1. The highest BCUT2D eigenvalue weighted by Gasteiger charge is 2.26. The third-order valence-electron chi connectivity index (χ3n) is 2.64. The molecule has 78 valence electrons. The first-order chi connectivity index (χ1) is 6.13. The Morgan fingerprint density at radius 1 is 1.46 bits per heavy atom. The standard InChI is InChI=1S/C10H22N2O/c1-8(2)12(6-9-3-4-9)7-10(13)5-11/h8-10,13H,3-7,11H2,1-2H3. The van der Waals surface area contributed by atoms with Gasteiger partial charge in [0.1, 0.15) is 0 Å². The summed E-state index contributed by atoms with van der Waals surface area (Å²) in [6, 6.07) is 0.516. The van der Waals surface area contributed by atoms with Crippen LogP contribution < -0.4 is 5.73 Å². The van der Waals surface area contributed by atoms with Crippen molar-refractivity contribution >= 4 is 0 Å². The average molecular weight is 186 g/mol. The summed E-state index contributed by atoms with van der Waals surface area (Å²) >= 11 is 0. The third-order valence-corrected chi connectivity index (χ3v) is 2.64. The molecule has 0 aromatic heterocycles. The van der Waals surface area contributed by atoms with Crippen molar-refractivity contribution in [1.82, 2.24) is 4.90 Å². The van der Waals surface area contributed by atoms with Crippen LogP contribution >= 0.6 is 0 Å². The fourth-order valence-corrected chi connectivity index (χ4v) is 1.47. The Hall–Kier alpha value is -0.120. The lowest BCUT2D eigenvalue weighted by Gasteiger charge is -2.28. The van der Waals surface area contributed by atoms with Gasteiger partial charge in [-0.1, -0.05) is 0 Å². The highest BCUT2D eigenvalue weighted by molar-refractivity contribution is 4.80. The van der Waals surface area contributed by atoms with Gasteiger partial charge in [0.15, 0.2) is 0 Å². The summed E-state index contributed by atoms with van der Waals surface area (Å²) in [5.41, 5.74) is 5.39. The second-order valence-electron chi connectivity index (χ2n) is 4.38. The fraction of sp³-hybridized carbons (Fsp3) is 1.00. The van der Waals surface area contributed by atoms with Crippen LogP contribution in [0.15, 0.2) is 0 Å². The Kier molecular flexibility index (Phi) is 4.16. The zero-order chi connectivity index (χ0) is 9.84. The van der Waals surface area contributed by atoms with Crippen molar-refractivity contribution in [3.63, 3.8) is 0 Å². The number of nitrogens with two attached hydrogens (primary N) is 1. The largest absolute Gasteiger partial charge is 0.390 e. The number of aliphatic hydroxyl groups excluding tert-OH is 1. The average Bonchev–Trinajstić information content (AvgIpc) is 2.86. The van der Waals surface area contributed by atoms with Crippen LogP contribution in [-0.4, -0.2) is 41.8 Å². The molecule has 1 saturated carbocycles. The molecule has 1 aliphatic carbocycles. The second kappa shape index (κ2) is 4.94. The number of hydrogen-bond donors (Lipinski definition) is 2. The van der Waals surface area contributed by atoms with E-state index in [2.05, 4.69) is 18.7 Å². The van der Waals surface area contributed by atoms with E-state index in [4.69, 9.17) is 5.73 Å². The molecule has 0 bridgehead atoms. The molecule has 3 nitrogen and oxygen atoms in total. The van der Waals surface area contributed by atoms with Crippen LogP contribution in [0.25, 0.3) is 0 Å². The van der Waals surface area contributed by atoms with Gasteiger partial charge in [0.25, 0.3) is 0 Å². The maximum atomic E-state index is 9.44. The molecule has 0 amide bonds. The van der Waals surface area contributed by atoms with Crippen LogP contribution in [-0.2, 0) is 0 Å². The lowest BCUT2D eigenvalue weighted by molar-refractivity contribution is 0.0975. The van der Waals surface area contributed by atoms with Gasteiger partial charge in [-0.05, 0) is 32.6 Å². The quantitative estimate of drug-likeness (QED) is 0.632. The Morgan fingerprint density at radius 2 is 2.08 bits per heavy atom. The predicted molar refractivity (Wildman–Crippen MR) is 54.5 cm³/mol. The van der Waals surface area contributed by atoms with Crippen LogP contribution in [0, 0.1) is 5.92 Å². The molecule has 3 heteroatoms. The molecular weight excluding hydrogens is 164 g/mol. The molecule has 1 fully saturated rings. The van der Waals surface area contributed by atoms with Gasteiger partial charge >= 0.3 is 0 Å². The van der Waals surface area contributed by atoms with Gasteiger partial charge in [-0.15, -0.1) is 0 Å². The van der Waals surface area contributed by atoms with Gasteiger partial charge in [0.2, 0.25) is 0 Å². The predicted octanol–water partition coefficient (Wildman–Crippen LogP) is 0.426. The van der Waals surface area contributed by atoms with E-state index in [1.54, 1.807) is 0 Å². The monoisotopic (exact) mass is 186 g/mol. The first kappa shape index (κ1) is 11.0. The molecule has 3 N–H and O–H groups in total.